The lowest BCUT2D eigenvalue weighted by molar-refractivity contribution is -0.141. The van der Waals surface area contributed by atoms with Gasteiger partial charge in [0, 0.05) is 11.3 Å². The topological polar surface area (TPSA) is 127 Å². The van der Waals surface area contributed by atoms with Crippen LogP contribution in [-0.4, -0.2) is 40.6 Å². The first kappa shape index (κ1) is 24.0. The van der Waals surface area contributed by atoms with Gasteiger partial charge in [0.1, 0.15) is 27.6 Å². The number of amidine groups is 1. The summed E-state index contributed by atoms with van der Waals surface area (Å²) in [7, 11) is -3.76. The Balaban J connectivity index is 1.64. The number of rotatable bonds is 3. The summed E-state index contributed by atoms with van der Waals surface area (Å²) in [5, 5.41) is 2.40. The highest BCUT2D eigenvalue weighted by Gasteiger charge is 2.56. The van der Waals surface area contributed by atoms with Crippen LogP contribution in [0.25, 0.3) is 0 Å². The summed E-state index contributed by atoms with van der Waals surface area (Å²) in [5.74, 6) is -2.14. The highest BCUT2D eigenvalue weighted by molar-refractivity contribution is 7.93. The van der Waals surface area contributed by atoms with E-state index in [1.807, 2.05) is 0 Å². The largest absolute Gasteiger partial charge is 0.434 e. The molecular formula is C21H21F4N5O3S. The van der Waals surface area contributed by atoms with Crippen molar-refractivity contribution >= 4 is 27.3 Å². The maximum absolute atomic E-state index is 14.8. The zero-order valence-electron chi connectivity index (χ0n) is 18.0. The van der Waals surface area contributed by atoms with Crippen molar-refractivity contribution in [3.8, 4) is 0 Å². The Morgan fingerprint density at radius 1 is 1.15 bits per heavy atom. The molecule has 1 spiro atoms. The van der Waals surface area contributed by atoms with Crippen molar-refractivity contribution in [3.05, 3.63) is 53.4 Å². The maximum Gasteiger partial charge on any atom is 0.434 e. The Morgan fingerprint density at radius 2 is 1.82 bits per heavy atom. The molecule has 3 N–H and O–H groups in total. The van der Waals surface area contributed by atoms with Crippen LogP contribution in [0.2, 0.25) is 0 Å². The van der Waals surface area contributed by atoms with Gasteiger partial charge in [0.05, 0.1) is 18.1 Å². The molecule has 1 aliphatic carbocycles. The molecule has 2 aromatic rings. The highest BCUT2D eigenvalue weighted by Crippen LogP contribution is 2.45. The molecule has 1 amide bonds. The van der Waals surface area contributed by atoms with Gasteiger partial charge in [0.15, 0.2) is 15.5 Å². The summed E-state index contributed by atoms with van der Waals surface area (Å²) in [6.45, 7) is 1.45. The van der Waals surface area contributed by atoms with Gasteiger partial charge in [-0.2, -0.15) is 13.2 Å². The first-order valence-electron chi connectivity index (χ1n) is 10.4. The van der Waals surface area contributed by atoms with Gasteiger partial charge in [-0.1, -0.05) is 12.8 Å². The Kier molecular flexibility index (Phi) is 5.66. The van der Waals surface area contributed by atoms with Gasteiger partial charge in [0.2, 0.25) is 0 Å². The molecule has 1 aliphatic heterocycles. The zero-order valence-corrected chi connectivity index (χ0v) is 18.8. The molecule has 0 bridgehead atoms. The van der Waals surface area contributed by atoms with Gasteiger partial charge in [-0.05, 0) is 38.0 Å². The van der Waals surface area contributed by atoms with Gasteiger partial charge in [-0.3, -0.25) is 9.79 Å². The second-order valence-corrected chi connectivity index (χ2v) is 11.0. The van der Waals surface area contributed by atoms with Crippen LogP contribution >= 0.6 is 0 Å². The summed E-state index contributed by atoms with van der Waals surface area (Å²) >= 11 is 0. The number of amides is 1. The van der Waals surface area contributed by atoms with Gasteiger partial charge >= 0.3 is 6.18 Å². The third kappa shape index (κ3) is 4.01. The van der Waals surface area contributed by atoms with Crippen molar-refractivity contribution in [2.75, 3.05) is 11.1 Å². The smallest absolute Gasteiger partial charge is 0.386 e. The van der Waals surface area contributed by atoms with Gasteiger partial charge in [-0.25, -0.2) is 22.8 Å². The van der Waals surface area contributed by atoms with E-state index in [0.717, 1.165) is 6.07 Å². The summed E-state index contributed by atoms with van der Waals surface area (Å²) in [5.41, 5.74) is 2.93. The molecule has 13 heteroatoms. The molecule has 182 valence electrons. The van der Waals surface area contributed by atoms with Crippen LogP contribution in [0.4, 0.5) is 23.2 Å². The van der Waals surface area contributed by atoms with Gasteiger partial charge in [0.25, 0.3) is 5.91 Å². The van der Waals surface area contributed by atoms with E-state index in [1.165, 1.54) is 19.1 Å². The van der Waals surface area contributed by atoms with E-state index in [0.29, 0.717) is 38.1 Å². The first-order valence-corrected chi connectivity index (χ1v) is 12.0. The fourth-order valence-electron chi connectivity index (χ4n) is 4.52. The number of alkyl halides is 3. The van der Waals surface area contributed by atoms with Crippen LogP contribution in [0.1, 0.15) is 54.4 Å². The molecule has 1 fully saturated rings. The van der Waals surface area contributed by atoms with Crippen LogP contribution in [-0.2, 0) is 21.6 Å². The molecule has 2 heterocycles. The molecule has 1 atom stereocenters. The van der Waals surface area contributed by atoms with E-state index < -0.39 is 55.2 Å². The molecule has 2 aliphatic rings. The Hall–Kier alpha value is -3.09. The number of aliphatic imine (C=N–C) groups is 1. The Morgan fingerprint density at radius 3 is 2.38 bits per heavy atom. The number of nitrogens with two attached hydrogens (primary N) is 1. The third-order valence-electron chi connectivity index (χ3n) is 6.29. The van der Waals surface area contributed by atoms with E-state index in [2.05, 4.69) is 20.3 Å². The van der Waals surface area contributed by atoms with Crippen LogP contribution in [0, 0.1) is 5.82 Å². The summed E-state index contributed by atoms with van der Waals surface area (Å²) in [6, 6.07) is 3.48. The number of nitrogens with one attached hydrogen (secondary N) is 1. The number of carbonyl (C=O) groups is 1. The number of anilines is 1. The minimum Gasteiger partial charge on any atom is -0.386 e. The fourth-order valence-corrected chi connectivity index (χ4v) is 7.03. The lowest BCUT2D eigenvalue weighted by atomic mass is 9.92. The van der Waals surface area contributed by atoms with Crippen molar-refractivity contribution in [1.29, 1.82) is 0 Å². The molecule has 8 nitrogen and oxygen atoms in total. The van der Waals surface area contributed by atoms with E-state index in [1.54, 1.807) is 0 Å². The fraction of sp³-hybridized carbons (Fsp3) is 0.429. The minimum absolute atomic E-state index is 0.0485. The van der Waals surface area contributed by atoms with E-state index in [-0.39, 0.29) is 17.1 Å². The molecule has 34 heavy (non-hydrogen) atoms. The predicted octanol–water partition coefficient (Wildman–Crippen LogP) is 3.20. The van der Waals surface area contributed by atoms with Crippen LogP contribution in [0.5, 0.6) is 0 Å². The number of hydrogen-bond acceptors (Lipinski definition) is 7. The quantitative estimate of drug-likeness (QED) is 0.625. The Bertz CT molecular complexity index is 1270. The van der Waals surface area contributed by atoms with Crippen molar-refractivity contribution in [1.82, 2.24) is 9.97 Å². The number of hydrogen-bond donors (Lipinski definition) is 2. The Labute approximate surface area is 192 Å². The lowest BCUT2D eigenvalue weighted by Gasteiger charge is -2.39. The van der Waals surface area contributed by atoms with Crippen LogP contribution in [0.3, 0.4) is 0 Å². The van der Waals surface area contributed by atoms with Crippen LogP contribution in [0.15, 0.2) is 35.6 Å². The minimum atomic E-state index is -4.71. The SMILES string of the molecule is CC1(c2cc(NC(=O)c3cnc(C(F)(F)F)cn3)ccc2F)CS(=O)(=O)C2(CCCC2)C(N)=N1. The number of nitrogens with zero attached hydrogens (tertiary/aromatic N) is 3. The van der Waals surface area contributed by atoms with E-state index >= 15 is 0 Å². The molecule has 1 saturated carbocycles. The second kappa shape index (κ2) is 8.00. The maximum atomic E-state index is 14.8. The number of carbonyl (C=O) groups excluding carboxylic acids is 1. The summed E-state index contributed by atoms with van der Waals surface area (Å²) in [4.78, 5) is 23.5. The molecule has 1 aromatic heterocycles. The van der Waals surface area contributed by atoms with Gasteiger partial charge in [-0.15, -0.1) is 0 Å². The average molecular weight is 499 g/mol. The van der Waals surface area contributed by atoms with E-state index in [9.17, 15) is 30.8 Å². The summed E-state index contributed by atoms with van der Waals surface area (Å²) < 4.78 is 77.9. The number of benzene rings is 1. The first-order chi connectivity index (χ1) is 15.8. The third-order valence-corrected chi connectivity index (χ3v) is 9.04. The molecule has 0 radical (unpaired) electrons. The van der Waals surface area contributed by atoms with Gasteiger partial charge < -0.3 is 11.1 Å². The summed E-state index contributed by atoms with van der Waals surface area (Å²) in [6.07, 6.45) is -1.47. The van der Waals surface area contributed by atoms with Crippen LogP contribution < -0.4 is 11.1 Å². The van der Waals surface area contributed by atoms with Crippen molar-refractivity contribution in [2.45, 2.75) is 49.1 Å². The highest BCUT2D eigenvalue weighted by atomic mass is 32.2. The van der Waals surface area contributed by atoms with E-state index in [4.69, 9.17) is 5.73 Å². The number of halogens is 4. The monoisotopic (exact) mass is 499 g/mol. The molecule has 1 unspecified atom stereocenters. The zero-order chi connectivity index (χ0) is 24.9. The average Bonchev–Trinajstić information content (AvgIpc) is 3.25. The molecule has 4 rings (SSSR count). The normalized spacial score (nSPS) is 23.5. The van der Waals surface area contributed by atoms with Crippen molar-refractivity contribution in [2.24, 2.45) is 10.7 Å². The molecule has 0 saturated heterocycles. The van der Waals surface area contributed by atoms with Crippen molar-refractivity contribution in [3.63, 3.8) is 0 Å². The number of aromatic nitrogens is 2. The second-order valence-electron chi connectivity index (χ2n) is 8.66. The standard InChI is InChI=1S/C21H21F4N5O3S/c1-19(11-34(32,33)20(18(26)30-19)6-2-3-7-20)13-8-12(4-5-14(13)22)29-17(31)15-9-28-16(10-27-15)21(23,24)25/h4-5,8-10H,2-3,6-7,11H2,1H3,(H2,26,30)(H,29,31). The molecular weight excluding hydrogens is 478 g/mol. The van der Waals surface area contributed by atoms with Crippen molar-refractivity contribution < 1.29 is 30.8 Å². The number of sulfone groups is 1. The predicted molar refractivity (Wildman–Crippen MR) is 115 cm³/mol. The molecule has 1 aromatic carbocycles. The lowest BCUT2D eigenvalue weighted by Crippen LogP contribution is -2.56.